The Bertz CT molecular complexity index is 896. The summed E-state index contributed by atoms with van der Waals surface area (Å²) in [7, 11) is -4.75. The Morgan fingerprint density at radius 1 is 1.12 bits per heavy atom. The first-order valence-electron chi connectivity index (χ1n) is 6.75. The minimum atomic E-state index is -4.75. The van der Waals surface area contributed by atoms with Crippen molar-refractivity contribution in [3.8, 4) is 0 Å². The molecule has 132 valence electrons. The average molecular weight is 371 g/mol. The number of nitrogens with zero attached hydrogens (tertiary/aromatic N) is 1. The first-order chi connectivity index (χ1) is 11.7. The van der Waals surface area contributed by atoms with Crippen LogP contribution in [-0.4, -0.2) is 25.1 Å². The minimum Gasteiger partial charge on any atom is -0.457 e. The van der Waals surface area contributed by atoms with Crippen LogP contribution in [0.4, 0.5) is 14.5 Å². The van der Waals surface area contributed by atoms with Crippen molar-refractivity contribution < 1.29 is 31.7 Å². The molecule has 0 N–H and O–H groups in total. The van der Waals surface area contributed by atoms with E-state index in [9.17, 15) is 32.1 Å². The standard InChI is InChI=1S/C15H11F2NO6S/c16-15(17)25(22,23)12-7-5-10(6-8-12)14(19)24-9-11-3-1-2-4-13(11)18(20)21/h1-8,15H,9H2. The van der Waals surface area contributed by atoms with E-state index in [2.05, 4.69) is 0 Å². The van der Waals surface area contributed by atoms with Gasteiger partial charge in [0.05, 0.1) is 20.9 Å². The second-order valence-electron chi connectivity index (χ2n) is 4.79. The lowest BCUT2D eigenvalue weighted by Gasteiger charge is -2.07. The van der Waals surface area contributed by atoms with Gasteiger partial charge in [-0.1, -0.05) is 12.1 Å². The predicted octanol–water partition coefficient (Wildman–Crippen LogP) is 2.95. The Labute approximate surface area is 140 Å². The Morgan fingerprint density at radius 3 is 2.28 bits per heavy atom. The number of carbonyl (C=O) groups excluding carboxylic acids is 1. The lowest BCUT2D eigenvalue weighted by Crippen LogP contribution is -2.12. The third-order valence-electron chi connectivity index (χ3n) is 3.20. The third kappa shape index (κ3) is 4.15. The molecule has 0 aliphatic carbocycles. The zero-order chi connectivity index (χ0) is 18.6. The van der Waals surface area contributed by atoms with Crippen molar-refractivity contribution in [3.05, 3.63) is 69.8 Å². The molecule has 10 heteroatoms. The van der Waals surface area contributed by atoms with Gasteiger partial charge in [0.1, 0.15) is 6.61 Å². The summed E-state index contributed by atoms with van der Waals surface area (Å²) in [6.45, 7) is -0.368. The lowest BCUT2D eigenvalue weighted by atomic mass is 10.2. The van der Waals surface area contributed by atoms with Gasteiger partial charge >= 0.3 is 11.7 Å². The number of carbonyl (C=O) groups is 1. The van der Waals surface area contributed by atoms with Crippen LogP contribution in [0.15, 0.2) is 53.4 Å². The number of hydrogen-bond acceptors (Lipinski definition) is 6. The van der Waals surface area contributed by atoms with Crippen LogP contribution in [0.5, 0.6) is 0 Å². The molecular weight excluding hydrogens is 360 g/mol. The highest BCUT2D eigenvalue weighted by Gasteiger charge is 2.26. The molecule has 0 atom stereocenters. The molecule has 0 amide bonds. The number of esters is 1. The molecule has 0 bridgehead atoms. The van der Waals surface area contributed by atoms with Crippen LogP contribution in [0.3, 0.4) is 0 Å². The Balaban J connectivity index is 2.11. The minimum absolute atomic E-state index is 0.0770. The van der Waals surface area contributed by atoms with E-state index in [1.54, 1.807) is 6.07 Å². The van der Waals surface area contributed by atoms with E-state index in [-0.39, 0.29) is 23.4 Å². The molecule has 0 radical (unpaired) electrons. The van der Waals surface area contributed by atoms with Gasteiger partial charge in [-0.05, 0) is 30.3 Å². The van der Waals surface area contributed by atoms with Crippen molar-refractivity contribution in [1.29, 1.82) is 0 Å². The zero-order valence-electron chi connectivity index (χ0n) is 12.5. The summed E-state index contributed by atoms with van der Waals surface area (Å²) >= 11 is 0. The largest absolute Gasteiger partial charge is 0.457 e. The monoisotopic (exact) mass is 371 g/mol. The van der Waals surface area contributed by atoms with E-state index in [0.717, 1.165) is 24.3 Å². The molecule has 7 nitrogen and oxygen atoms in total. The number of alkyl halides is 2. The second-order valence-corrected chi connectivity index (χ2v) is 6.71. The molecule has 0 saturated carbocycles. The van der Waals surface area contributed by atoms with Crippen LogP contribution >= 0.6 is 0 Å². The highest BCUT2D eigenvalue weighted by molar-refractivity contribution is 7.91. The quantitative estimate of drug-likeness (QED) is 0.439. The van der Waals surface area contributed by atoms with Crippen LogP contribution in [-0.2, 0) is 21.2 Å². The Kier molecular flexibility index (Phi) is 5.42. The van der Waals surface area contributed by atoms with Crippen LogP contribution in [0.1, 0.15) is 15.9 Å². The number of ether oxygens (including phenoxy) is 1. The van der Waals surface area contributed by atoms with E-state index in [0.29, 0.717) is 0 Å². The first kappa shape index (κ1) is 18.5. The Morgan fingerprint density at radius 2 is 1.72 bits per heavy atom. The molecule has 0 spiro atoms. The molecule has 25 heavy (non-hydrogen) atoms. The maximum absolute atomic E-state index is 12.4. The first-order valence-corrected chi connectivity index (χ1v) is 8.29. The second kappa shape index (κ2) is 7.34. The van der Waals surface area contributed by atoms with Crippen molar-refractivity contribution in [2.45, 2.75) is 17.3 Å². The van der Waals surface area contributed by atoms with Crippen molar-refractivity contribution in [2.24, 2.45) is 0 Å². The van der Waals surface area contributed by atoms with Gasteiger partial charge in [-0.2, -0.15) is 8.78 Å². The van der Waals surface area contributed by atoms with Gasteiger partial charge in [-0.15, -0.1) is 0 Å². The van der Waals surface area contributed by atoms with Crippen LogP contribution in [0.2, 0.25) is 0 Å². The normalized spacial score (nSPS) is 11.3. The summed E-state index contributed by atoms with van der Waals surface area (Å²) < 4.78 is 52.4. The maximum Gasteiger partial charge on any atom is 0.341 e. The summed E-state index contributed by atoms with van der Waals surface area (Å²) in [5.41, 5.74) is -0.113. The summed E-state index contributed by atoms with van der Waals surface area (Å²) in [6, 6.07) is 9.46. The molecule has 0 aromatic heterocycles. The fourth-order valence-corrected chi connectivity index (χ4v) is 2.64. The van der Waals surface area contributed by atoms with Crippen LogP contribution < -0.4 is 0 Å². The number of halogens is 2. The number of para-hydroxylation sites is 1. The number of rotatable bonds is 6. The SMILES string of the molecule is O=C(OCc1ccccc1[N+](=O)[O-])c1ccc(S(=O)(=O)C(F)F)cc1. The fourth-order valence-electron chi connectivity index (χ4n) is 1.92. The number of nitro groups is 1. The van der Waals surface area contributed by atoms with E-state index < -0.39 is 31.4 Å². The summed E-state index contributed by atoms with van der Waals surface area (Å²) in [6.07, 6.45) is 0. The fraction of sp³-hybridized carbons (Fsp3) is 0.133. The topological polar surface area (TPSA) is 104 Å². The molecule has 0 aliphatic heterocycles. The van der Waals surface area contributed by atoms with Gasteiger partial charge in [-0.25, -0.2) is 13.2 Å². The van der Waals surface area contributed by atoms with Gasteiger partial charge in [0.25, 0.3) is 5.69 Å². The maximum atomic E-state index is 12.4. The lowest BCUT2D eigenvalue weighted by molar-refractivity contribution is -0.385. The van der Waals surface area contributed by atoms with Crippen molar-refractivity contribution in [1.82, 2.24) is 0 Å². The molecule has 0 unspecified atom stereocenters. The predicted molar refractivity (Wildman–Crippen MR) is 81.8 cm³/mol. The highest BCUT2D eigenvalue weighted by atomic mass is 32.2. The van der Waals surface area contributed by atoms with Gasteiger partial charge in [0.15, 0.2) is 0 Å². The number of hydrogen-bond donors (Lipinski definition) is 0. The molecule has 2 rings (SSSR count). The molecule has 0 saturated heterocycles. The van der Waals surface area contributed by atoms with Gasteiger partial charge in [0.2, 0.25) is 9.84 Å². The van der Waals surface area contributed by atoms with Gasteiger partial charge < -0.3 is 4.74 Å². The van der Waals surface area contributed by atoms with Crippen LogP contribution in [0.25, 0.3) is 0 Å². The number of nitro benzene ring substituents is 1. The smallest absolute Gasteiger partial charge is 0.341 e. The molecule has 2 aromatic carbocycles. The van der Waals surface area contributed by atoms with Crippen molar-refractivity contribution in [2.75, 3.05) is 0 Å². The number of sulfone groups is 1. The van der Waals surface area contributed by atoms with Crippen LogP contribution in [0, 0.1) is 10.1 Å². The summed E-state index contributed by atoms with van der Waals surface area (Å²) in [5, 5.41) is 10.9. The molecule has 0 aliphatic rings. The zero-order valence-corrected chi connectivity index (χ0v) is 13.3. The summed E-state index contributed by atoms with van der Waals surface area (Å²) in [4.78, 5) is 21.5. The number of benzene rings is 2. The highest BCUT2D eigenvalue weighted by Crippen LogP contribution is 2.21. The average Bonchev–Trinajstić information content (AvgIpc) is 2.59. The van der Waals surface area contributed by atoms with E-state index >= 15 is 0 Å². The molecule has 0 fully saturated rings. The van der Waals surface area contributed by atoms with E-state index in [1.165, 1.54) is 18.2 Å². The van der Waals surface area contributed by atoms with Crippen molar-refractivity contribution in [3.63, 3.8) is 0 Å². The van der Waals surface area contributed by atoms with Gasteiger partial charge in [-0.3, -0.25) is 10.1 Å². The van der Waals surface area contributed by atoms with E-state index in [4.69, 9.17) is 4.74 Å². The molecular formula is C15H11F2NO6S. The van der Waals surface area contributed by atoms with E-state index in [1.807, 2.05) is 0 Å². The van der Waals surface area contributed by atoms with Gasteiger partial charge in [0, 0.05) is 6.07 Å². The molecule has 0 heterocycles. The Hall–Kier alpha value is -2.88. The van der Waals surface area contributed by atoms with Crippen molar-refractivity contribution >= 4 is 21.5 Å². The summed E-state index contributed by atoms with van der Waals surface area (Å²) in [5.74, 6) is -4.44. The third-order valence-corrected chi connectivity index (χ3v) is 4.60. The molecule has 2 aromatic rings.